The third kappa shape index (κ3) is 3.70. The molecular formula is C25H21BrN8O. The van der Waals surface area contributed by atoms with Gasteiger partial charge in [0.05, 0.1) is 25.3 Å². The van der Waals surface area contributed by atoms with Gasteiger partial charge in [0.25, 0.3) is 0 Å². The summed E-state index contributed by atoms with van der Waals surface area (Å²) in [5, 5.41) is 14.8. The average molecular weight is 529 g/mol. The van der Waals surface area contributed by atoms with Gasteiger partial charge in [0.1, 0.15) is 17.7 Å². The van der Waals surface area contributed by atoms with Crippen molar-refractivity contribution in [3.05, 3.63) is 71.2 Å². The van der Waals surface area contributed by atoms with Gasteiger partial charge in [-0.2, -0.15) is 5.21 Å². The summed E-state index contributed by atoms with van der Waals surface area (Å²) < 4.78 is 8.74. The van der Waals surface area contributed by atoms with Crippen molar-refractivity contribution in [2.45, 2.75) is 32.7 Å². The van der Waals surface area contributed by atoms with Gasteiger partial charge in [0.15, 0.2) is 5.65 Å². The minimum Gasteiger partial charge on any atom is -0.472 e. The summed E-state index contributed by atoms with van der Waals surface area (Å²) in [5.74, 6) is 1.55. The van der Waals surface area contributed by atoms with Crippen LogP contribution in [0.1, 0.15) is 31.2 Å². The number of aromatic amines is 1. The Kier molecular flexibility index (Phi) is 5.57. The Morgan fingerprint density at radius 3 is 2.80 bits per heavy atom. The predicted octanol–water partition coefficient (Wildman–Crippen LogP) is 5.52. The Bertz CT molecular complexity index is 1590. The fraction of sp³-hybridized carbons (Fsp3) is 0.200. The van der Waals surface area contributed by atoms with Crippen LogP contribution >= 0.6 is 15.9 Å². The van der Waals surface area contributed by atoms with Crippen LogP contribution < -0.4 is 0 Å². The highest BCUT2D eigenvalue weighted by atomic mass is 79.9. The molecule has 0 fully saturated rings. The molecule has 10 heteroatoms. The molecule has 0 bridgehead atoms. The van der Waals surface area contributed by atoms with Crippen molar-refractivity contribution in [3.63, 3.8) is 0 Å². The van der Waals surface area contributed by atoms with Crippen LogP contribution in [0.5, 0.6) is 0 Å². The van der Waals surface area contributed by atoms with Crippen LogP contribution in [-0.4, -0.2) is 40.1 Å². The smallest absolute Gasteiger partial charge is 0.205 e. The highest BCUT2D eigenvalue weighted by molar-refractivity contribution is 9.10. The molecule has 0 saturated heterocycles. The van der Waals surface area contributed by atoms with E-state index in [4.69, 9.17) is 9.40 Å². The number of fused-ring (bicyclic) bond motifs is 2. The van der Waals surface area contributed by atoms with E-state index in [1.165, 1.54) is 0 Å². The molecule has 0 atom stereocenters. The molecule has 1 aliphatic heterocycles. The number of tetrazole rings is 1. The number of nitrogens with one attached hydrogen (secondary N) is 1. The maximum atomic E-state index is 5.55. The van der Waals surface area contributed by atoms with E-state index in [1.807, 2.05) is 30.5 Å². The lowest BCUT2D eigenvalue weighted by molar-refractivity contribution is 0.551. The SMILES string of the molecule is CCCCc1nc2ncncc2n1Cc1c2ccocc-2c(Br)c1-c1ccccc1-c1nn[nH]n1. The number of aromatic nitrogens is 8. The quantitative estimate of drug-likeness (QED) is 0.290. The first-order chi connectivity index (χ1) is 17.3. The molecule has 0 amide bonds. The number of benzene rings is 1. The first-order valence-electron chi connectivity index (χ1n) is 11.4. The van der Waals surface area contributed by atoms with E-state index in [9.17, 15) is 0 Å². The van der Waals surface area contributed by atoms with E-state index >= 15 is 0 Å². The van der Waals surface area contributed by atoms with Gasteiger partial charge in [0.2, 0.25) is 5.82 Å². The highest BCUT2D eigenvalue weighted by Gasteiger charge is 2.27. The van der Waals surface area contributed by atoms with Crippen LogP contribution in [0.15, 0.2) is 64.3 Å². The number of hydrogen-bond acceptors (Lipinski definition) is 7. The normalized spacial score (nSPS) is 11.6. The van der Waals surface area contributed by atoms with Crippen LogP contribution in [0, 0.1) is 0 Å². The molecule has 0 saturated carbocycles. The van der Waals surface area contributed by atoms with Crippen LogP contribution in [-0.2, 0) is 13.0 Å². The average Bonchev–Trinajstić information content (AvgIpc) is 3.61. The van der Waals surface area contributed by atoms with E-state index < -0.39 is 0 Å². The van der Waals surface area contributed by atoms with Gasteiger partial charge in [0, 0.05) is 27.6 Å². The number of nitrogens with zero attached hydrogens (tertiary/aromatic N) is 7. The molecule has 35 heavy (non-hydrogen) atoms. The van der Waals surface area contributed by atoms with Crippen LogP contribution in [0.2, 0.25) is 0 Å². The van der Waals surface area contributed by atoms with Gasteiger partial charge >= 0.3 is 0 Å². The lowest BCUT2D eigenvalue weighted by Crippen LogP contribution is -2.07. The molecule has 9 nitrogen and oxygen atoms in total. The van der Waals surface area contributed by atoms with Gasteiger partial charge < -0.3 is 8.98 Å². The number of rotatable bonds is 7. The van der Waals surface area contributed by atoms with Gasteiger partial charge in [-0.3, -0.25) is 0 Å². The molecule has 1 aromatic carbocycles. The minimum absolute atomic E-state index is 0.540. The Labute approximate surface area is 209 Å². The Morgan fingerprint density at radius 2 is 1.97 bits per heavy atom. The first kappa shape index (κ1) is 21.6. The molecule has 3 aromatic heterocycles. The highest BCUT2D eigenvalue weighted by Crippen LogP contribution is 2.48. The zero-order valence-corrected chi connectivity index (χ0v) is 20.5. The van der Waals surface area contributed by atoms with Crippen molar-refractivity contribution in [3.8, 4) is 33.6 Å². The fourth-order valence-electron chi connectivity index (χ4n) is 4.59. The zero-order chi connectivity index (χ0) is 23.8. The number of hydrogen-bond donors (Lipinski definition) is 1. The molecule has 4 heterocycles. The van der Waals surface area contributed by atoms with Gasteiger partial charge in [-0.1, -0.05) is 37.6 Å². The van der Waals surface area contributed by atoms with Crippen LogP contribution in [0.3, 0.4) is 0 Å². The van der Waals surface area contributed by atoms with Gasteiger partial charge in [-0.05, 0) is 50.3 Å². The van der Waals surface area contributed by atoms with E-state index in [2.05, 4.69) is 64.1 Å². The molecule has 0 radical (unpaired) electrons. The van der Waals surface area contributed by atoms with E-state index in [1.54, 1.807) is 18.9 Å². The zero-order valence-electron chi connectivity index (χ0n) is 18.9. The molecule has 174 valence electrons. The number of unbranched alkanes of at least 4 members (excludes halogenated alkanes) is 1. The molecule has 0 unspecified atom stereocenters. The standard InChI is InChI=1S/C25H21BrN8O/c1-2-3-8-21-29-25-20(11-27-14-28-25)34(21)12-18-15-9-10-35-13-19(15)23(26)22(18)16-6-4-5-7-17(16)24-30-32-33-31-24/h4-7,9-11,13-14H,2-3,8,12H2,1H3,(H,30,31,32,33). The summed E-state index contributed by atoms with van der Waals surface area (Å²) in [6.45, 7) is 2.79. The molecule has 1 aliphatic carbocycles. The molecule has 6 rings (SSSR count). The fourth-order valence-corrected chi connectivity index (χ4v) is 5.35. The lowest BCUT2D eigenvalue weighted by atomic mass is 9.97. The van der Waals surface area contributed by atoms with Gasteiger partial charge in [-0.15, -0.1) is 10.2 Å². The number of imidazole rings is 1. The Hall–Kier alpha value is -3.92. The van der Waals surface area contributed by atoms with Crippen molar-refractivity contribution < 1.29 is 4.42 Å². The van der Waals surface area contributed by atoms with E-state index in [0.29, 0.717) is 18.0 Å². The molecule has 2 aliphatic rings. The van der Waals surface area contributed by atoms with Crippen molar-refractivity contribution in [2.75, 3.05) is 0 Å². The third-order valence-electron chi connectivity index (χ3n) is 6.23. The molecule has 1 N–H and O–H groups in total. The second-order valence-corrected chi connectivity index (χ2v) is 9.07. The second kappa shape index (κ2) is 9.03. The van der Waals surface area contributed by atoms with Gasteiger partial charge in [-0.25, -0.2) is 15.0 Å². The Morgan fingerprint density at radius 1 is 1.09 bits per heavy atom. The Balaban J connectivity index is 1.59. The summed E-state index contributed by atoms with van der Waals surface area (Å²) in [7, 11) is 0. The van der Waals surface area contributed by atoms with Crippen molar-refractivity contribution in [1.82, 2.24) is 40.1 Å². The lowest BCUT2D eigenvalue weighted by Gasteiger charge is -2.14. The molecular weight excluding hydrogens is 508 g/mol. The van der Waals surface area contributed by atoms with Crippen molar-refractivity contribution in [2.24, 2.45) is 0 Å². The van der Waals surface area contributed by atoms with E-state index in [0.717, 1.165) is 68.5 Å². The largest absolute Gasteiger partial charge is 0.472 e. The second-order valence-electron chi connectivity index (χ2n) is 8.28. The summed E-state index contributed by atoms with van der Waals surface area (Å²) in [4.78, 5) is 13.5. The summed E-state index contributed by atoms with van der Waals surface area (Å²) in [6, 6.07) is 10.1. The summed E-state index contributed by atoms with van der Waals surface area (Å²) >= 11 is 3.88. The monoisotopic (exact) mass is 528 g/mol. The third-order valence-corrected chi connectivity index (χ3v) is 7.06. The minimum atomic E-state index is 0.540. The first-order valence-corrected chi connectivity index (χ1v) is 12.2. The number of aryl methyl sites for hydroxylation is 1. The van der Waals surface area contributed by atoms with Crippen molar-refractivity contribution >= 4 is 27.1 Å². The summed E-state index contributed by atoms with van der Waals surface area (Å²) in [6.07, 6.45) is 9.88. The summed E-state index contributed by atoms with van der Waals surface area (Å²) in [5.41, 5.74) is 7.81. The maximum Gasteiger partial charge on any atom is 0.205 e. The van der Waals surface area contributed by atoms with E-state index in [-0.39, 0.29) is 0 Å². The number of H-pyrrole nitrogens is 1. The molecule has 4 aromatic rings. The number of halogens is 1. The predicted molar refractivity (Wildman–Crippen MR) is 135 cm³/mol. The van der Waals surface area contributed by atoms with Crippen molar-refractivity contribution in [1.29, 1.82) is 0 Å². The van der Waals surface area contributed by atoms with Crippen LogP contribution in [0.25, 0.3) is 44.8 Å². The topological polar surface area (TPSA) is 111 Å². The maximum absolute atomic E-state index is 5.55. The molecule has 0 spiro atoms. The van der Waals surface area contributed by atoms with Crippen LogP contribution in [0.4, 0.5) is 0 Å².